The van der Waals surface area contributed by atoms with Gasteiger partial charge in [-0.25, -0.2) is 0 Å². The number of hydrogen-bond donors (Lipinski definition) is 1. The van der Waals surface area contributed by atoms with E-state index in [0.717, 1.165) is 24.9 Å². The summed E-state index contributed by atoms with van der Waals surface area (Å²) in [4.78, 5) is 12.1. The second kappa shape index (κ2) is 7.86. The van der Waals surface area contributed by atoms with Gasteiger partial charge in [0.15, 0.2) is 18.1 Å². The molecule has 4 heteroatoms. The Labute approximate surface area is 142 Å². The molecule has 0 saturated carbocycles. The van der Waals surface area contributed by atoms with E-state index in [1.54, 1.807) is 0 Å². The first-order chi connectivity index (χ1) is 11.8. The zero-order valence-electron chi connectivity index (χ0n) is 14.0. The third-order valence-electron chi connectivity index (χ3n) is 4.05. The largest absolute Gasteiger partial charge is 0.490 e. The molecule has 24 heavy (non-hydrogen) atoms. The summed E-state index contributed by atoms with van der Waals surface area (Å²) in [7, 11) is 0. The number of rotatable bonds is 7. The summed E-state index contributed by atoms with van der Waals surface area (Å²) in [6.07, 6.45) is 4.36. The summed E-state index contributed by atoms with van der Waals surface area (Å²) < 4.78 is 11.3. The Kier molecular flexibility index (Phi) is 5.36. The van der Waals surface area contributed by atoms with Crippen molar-refractivity contribution in [2.45, 2.75) is 32.6 Å². The van der Waals surface area contributed by atoms with Crippen LogP contribution >= 0.6 is 0 Å². The molecule has 0 saturated heterocycles. The van der Waals surface area contributed by atoms with Gasteiger partial charge in [0.1, 0.15) is 0 Å². The van der Waals surface area contributed by atoms with Crippen LogP contribution in [-0.4, -0.2) is 19.1 Å². The minimum absolute atomic E-state index is 0.0381. The van der Waals surface area contributed by atoms with Gasteiger partial charge in [0, 0.05) is 5.69 Å². The number of carbonyl (C=O) groups excluding carboxylic acids is 1. The van der Waals surface area contributed by atoms with Crippen LogP contribution in [0.15, 0.2) is 42.5 Å². The Balaban J connectivity index is 1.56. The van der Waals surface area contributed by atoms with Crippen molar-refractivity contribution < 1.29 is 14.3 Å². The maximum atomic E-state index is 12.1. The van der Waals surface area contributed by atoms with Crippen molar-refractivity contribution in [3.05, 3.63) is 53.6 Å². The molecule has 3 rings (SSSR count). The maximum Gasteiger partial charge on any atom is 0.262 e. The predicted molar refractivity (Wildman–Crippen MR) is 94.8 cm³/mol. The number of hydrogen-bond acceptors (Lipinski definition) is 3. The number of nitrogens with one attached hydrogen (secondary N) is 1. The lowest BCUT2D eigenvalue weighted by atomic mass is 10.1. The lowest BCUT2D eigenvalue weighted by Gasteiger charge is -2.12. The zero-order valence-corrected chi connectivity index (χ0v) is 14.0. The van der Waals surface area contributed by atoms with Crippen LogP contribution in [0, 0.1) is 0 Å². The Morgan fingerprint density at radius 2 is 1.79 bits per heavy atom. The number of fused-ring (bicyclic) bond motifs is 1. The molecule has 0 aromatic heterocycles. The number of benzene rings is 2. The highest BCUT2D eigenvalue weighted by atomic mass is 16.5. The van der Waals surface area contributed by atoms with Crippen LogP contribution in [0.4, 0.5) is 5.69 Å². The monoisotopic (exact) mass is 325 g/mol. The molecule has 0 fully saturated rings. The fourth-order valence-electron chi connectivity index (χ4n) is 2.89. The van der Waals surface area contributed by atoms with E-state index in [0.29, 0.717) is 18.1 Å². The summed E-state index contributed by atoms with van der Waals surface area (Å²) in [5, 5.41) is 2.90. The van der Waals surface area contributed by atoms with Gasteiger partial charge >= 0.3 is 0 Å². The molecule has 0 spiro atoms. The zero-order chi connectivity index (χ0) is 16.8. The molecule has 0 aliphatic heterocycles. The number of carbonyl (C=O) groups is 1. The predicted octanol–water partition coefficient (Wildman–Crippen LogP) is 3.98. The van der Waals surface area contributed by atoms with E-state index in [2.05, 4.69) is 17.4 Å². The van der Waals surface area contributed by atoms with Gasteiger partial charge in [-0.15, -0.1) is 0 Å². The number of para-hydroxylation sites is 2. The van der Waals surface area contributed by atoms with Crippen molar-refractivity contribution in [2.24, 2.45) is 0 Å². The second-order valence-corrected chi connectivity index (χ2v) is 5.97. The van der Waals surface area contributed by atoms with Crippen LogP contribution in [-0.2, 0) is 17.6 Å². The molecule has 0 heterocycles. The molecule has 2 aromatic rings. The molecule has 0 atom stereocenters. The minimum Gasteiger partial charge on any atom is -0.490 e. The van der Waals surface area contributed by atoms with E-state index in [9.17, 15) is 4.79 Å². The molecule has 126 valence electrons. The first-order valence-electron chi connectivity index (χ1n) is 8.52. The maximum absolute atomic E-state index is 12.1. The fourth-order valence-corrected chi connectivity index (χ4v) is 2.89. The van der Waals surface area contributed by atoms with Crippen LogP contribution in [0.3, 0.4) is 0 Å². The van der Waals surface area contributed by atoms with Gasteiger partial charge in [0.2, 0.25) is 0 Å². The Hall–Kier alpha value is -2.49. The molecule has 0 unspecified atom stereocenters. The summed E-state index contributed by atoms with van der Waals surface area (Å²) in [5.74, 6) is 1.10. The van der Waals surface area contributed by atoms with Gasteiger partial charge in [0.25, 0.3) is 5.91 Å². The van der Waals surface area contributed by atoms with E-state index in [-0.39, 0.29) is 12.5 Å². The van der Waals surface area contributed by atoms with Crippen LogP contribution in [0.1, 0.15) is 30.9 Å². The second-order valence-electron chi connectivity index (χ2n) is 5.97. The summed E-state index contributed by atoms with van der Waals surface area (Å²) in [5.41, 5.74) is 3.57. The molecule has 4 nitrogen and oxygen atoms in total. The van der Waals surface area contributed by atoms with Gasteiger partial charge in [0.05, 0.1) is 6.61 Å². The number of ether oxygens (including phenoxy) is 2. The van der Waals surface area contributed by atoms with E-state index in [1.165, 1.54) is 17.5 Å². The molecule has 1 N–H and O–H groups in total. The van der Waals surface area contributed by atoms with Crippen molar-refractivity contribution in [1.82, 2.24) is 0 Å². The minimum atomic E-state index is -0.168. The molecule has 2 aromatic carbocycles. The molecule has 0 radical (unpaired) electrons. The van der Waals surface area contributed by atoms with Crippen molar-refractivity contribution >= 4 is 11.6 Å². The van der Waals surface area contributed by atoms with Crippen molar-refractivity contribution in [1.29, 1.82) is 0 Å². The smallest absolute Gasteiger partial charge is 0.262 e. The number of anilines is 1. The normalized spacial score (nSPS) is 12.5. The number of aryl methyl sites for hydroxylation is 2. The Morgan fingerprint density at radius 3 is 2.58 bits per heavy atom. The van der Waals surface area contributed by atoms with Crippen LogP contribution in [0.25, 0.3) is 0 Å². The Morgan fingerprint density at radius 1 is 1.04 bits per heavy atom. The lowest BCUT2D eigenvalue weighted by Crippen LogP contribution is -2.20. The van der Waals surface area contributed by atoms with Gasteiger partial charge in [-0.05, 0) is 61.1 Å². The first-order valence-corrected chi connectivity index (χ1v) is 8.52. The van der Waals surface area contributed by atoms with Crippen molar-refractivity contribution in [3.63, 3.8) is 0 Å². The van der Waals surface area contributed by atoms with Crippen LogP contribution < -0.4 is 14.8 Å². The van der Waals surface area contributed by atoms with E-state index < -0.39 is 0 Å². The molecule has 1 aliphatic rings. The lowest BCUT2D eigenvalue weighted by molar-refractivity contribution is -0.118. The van der Waals surface area contributed by atoms with E-state index in [4.69, 9.17) is 9.47 Å². The quantitative estimate of drug-likeness (QED) is 0.837. The molecular formula is C20H23NO3. The molecule has 1 amide bonds. The fraction of sp³-hybridized carbons (Fsp3) is 0.350. The van der Waals surface area contributed by atoms with Gasteiger partial charge in [-0.1, -0.05) is 25.1 Å². The van der Waals surface area contributed by atoms with Crippen LogP contribution in [0.5, 0.6) is 11.5 Å². The van der Waals surface area contributed by atoms with Gasteiger partial charge in [-0.2, -0.15) is 0 Å². The average molecular weight is 325 g/mol. The average Bonchev–Trinajstić information content (AvgIpc) is 3.06. The van der Waals surface area contributed by atoms with Crippen molar-refractivity contribution in [3.8, 4) is 11.5 Å². The molecular weight excluding hydrogens is 302 g/mol. The van der Waals surface area contributed by atoms with Crippen molar-refractivity contribution in [2.75, 3.05) is 18.5 Å². The SMILES string of the molecule is CCCOc1ccccc1OCC(=O)Nc1ccc2c(c1)CCC2. The molecule has 1 aliphatic carbocycles. The summed E-state index contributed by atoms with van der Waals surface area (Å²) in [6.45, 7) is 2.64. The standard InChI is InChI=1S/C20H23NO3/c1-2-12-23-18-8-3-4-9-19(18)24-14-20(22)21-17-11-10-15-6-5-7-16(15)13-17/h3-4,8-11,13H,2,5-7,12,14H2,1H3,(H,21,22). The topological polar surface area (TPSA) is 47.6 Å². The molecule has 0 bridgehead atoms. The highest BCUT2D eigenvalue weighted by Gasteiger charge is 2.12. The first kappa shape index (κ1) is 16.4. The van der Waals surface area contributed by atoms with Gasteiger partial charge < -0.3 is 14.8 Å². The number of amides is 1. The third kappa shape index (κ3) is 4.07. The van der Waals surface area contributed by atoms with E-state index in [1.807, 2.05) is 37.3 Å². The van der Waals surface area contributed by atoms with Crippen LogP contribution in [0.2, 0.25) is 0 Å². The van der Waals surface area contributed by atoms with E-state index >= 15 is 0 Å². The Bertz CT molecular complexity index is 712. The van der Waals surface area contributed by atoms with Gasteiger partial charge in [-0.3, -0.25) is 4.79 Å². The highest BCUT2D eigenvalue weighted by Crippen LogP contribution is 2.27. The highest BCUT2D eigenvalue weighted by molar-refractivity contribution is 5.92. The summed E-state index contributed by atoms with van der Waals surface area (Å²) in [6, 6.07) is 13.6. The third-order valence-corrected chi connectivity index (χ3v) is 4.05. The summed E-state index contributed by atoms with van der Waals surface area (Å²) >= 11 is 0.